The van der Waals surface area contributed by atoms with Crippen molar-refractivity contribution in [2.24, 2.45) is 0 Å². The van der Waals surface area contributed by atoms with E-state index in [4.69, 9.17) is 11.6 Å². The topological polar surface area (TPSA) is 103 Å². The summed E-state index contributed by atoms with van der Waals surface area (Å²) in [4.78, 5) is 20.3. The zero-order valence-electron chi connectivity index (χ0n) is 14.8. The van der Waals surface area contributed by atoms with Gasteiger partial charge in [-0.2, -0.15) is 0 Å². The summed E-state index contributed by atoms with van der Waals surface area (Å²) < 4.78 is 1.90. The molecular weight excluding hydrogens is 390 g/mol. The second-order valence-corrected chi connectivity index (χ2v) is 7.25. The second-order valence-electron chi connectivity index (χ2n) is 5.88. The van der Waals surface area contributed by atoms with Crippen molar-refractivity contribution >= 4 is 29.1 Å². The SMILES string of the molecule is CC(c1nnc(Sc2ncc([N+](=O)[O-])cn2)n1-c1ccc(Cl)cc1)N(C)C. The molecule has 11 heteroatoms. The van der Waals surface area contributed by atoms with Crippen molar-refractivity contribution in [1.29, 1.82) is 0 Å². The molecule has 1 aromatic carbocycles. The molecule has 0 saturated carbocycles. The fourth-order valence-electron chi connectivity index (χ4n) is 2.22. The molecule has 3 rings (SSSR count). The number of benzene rings is 1. The first kappa shape index (κ1) is 19.2. The minimum absolute atomic E-state index is 0.000284. The van der Waals surface area contributed by atoms with Crippen LogP contribution in [-0.2, 0) is 0 Å². The predicted octanol–water partition coefficient (Wildman–Crippen LogP) is 3.39. The Hall–Kier alpha value is -2.56. The third-order valence-electron chi connectivity index (χ3n) is 3.90. The van der Waals surface area contributed by atoms with Crippen molar-refractivity contribution in [3.63, 3.8) is 0 Å². The first-order chi connectivity index (χ1) is 12.9. The molecule has 0 saturated heterocycles. The van der Waals surface area contributed by atoms with Crippen molar-refractivity contribution in [3.8, 4) is 5.69 Å². The fourth-order valence-corrected chi connectivity index (χ4v) is 3.09. The Labute approximate surface area is 164 Å². The highest BCUT2D eigenvalue weighted by atomic mass is 35.5. The predicted molar refractivity (Wildman–Crippen MR) is 101 cm³/mol. The van der Waals surface area contributed by atoms with Crippen LogP contribution in [0.2, 0.25) is 5.02 Å². The molecule has 1 unspecified atom stereocenters. The van der Waals surface area contributed by atoms with E-state index in [0.29, 0.717) is 15.3 Å². The lowest BCUT2D eigenvalue weighted by Gasteiger charge is -2.20. The number of hydrogen-bond acceptors (Lipinski definition) is 8. The van der Waals surface area contributed by atoms with Gasteiger partial charge in [-0.25, -0.2) is 9.97 Å². The van der Waals surface area contributed by atoms with Gasteiger partial charge in [0.2, 0.25) is 5.16 Å². The van der Waals surface area contributed by atoms with Gasteiger partial charge >= 0.3 is 5.69 Å². The highest BCUT2D eigenvalue weighted by molar-refractivity contribution is 7.99. The van der Waals surface area contributed by atoms with Crippen LogP contribution in [0.4, 0.5) is 5.69 Å². The summed E-state index contributed by atoms with van der Waals surface area (Å²) in [5, 5.41) is 20.9. The van der Waals surface area contributed by atoms with Crippen LogP contribution in [0.3, 0.4) is 0 Å². The summed E-state index contributed by atoms with van der Waals surface area (Å²) in [5.41, 5.74) is 0.679. The Morgan fingerprint density at radius 3 is 2.37 bits per heavy atom. The molecule has 3 aromatic rings. The summed E-state index contributed by atoms with van der Waals surface area (Å²) >= 11 is 7.18. The molecule has 2 heterocycles. The van der Waals surface area contributed by atoms with Gasteiger partial charge in [0.25, 0.3) is 0 Å². The Kier molecular flexibility index (Phi) is 5.68. The van der Waals surface area contributed by atoms with Crippen LogP contribution in [0, 0.1) is 10.1 Å². The molecular formula is C16H16ClN7O2S. The van der Waals surface area contributed by atoms with E-state index < -0.39 is 4.92 Å². The number of nitro groups is 1. The Bertz CT molecular complexity index is 944. The van der Waals surface area contributed by atoms with Crippen molar-refractivity contribution in [1.82, 2.24) is 29.6 Å². The van der Waals surface area contributed by atoms with E-state index in [0.717, 1.165) is 11.5 Å². The molecule has 0 bridgehead atoms. The van der Waals surface area contributed by atoms with Crippen molar-refractivity contribution in [2.75, 3.05) is 14.1 Å². The molecule has 9 nitrogen and oxygen atoms in total. The van der Waals surface area contributed by atoms with E-state index in [1.54, 1.807) is 12.1 Å². The standard InChI is InChI=1S/C16H16ClN7O2S/c1-10(22(2)3)14-20-21-16(23(14)12-6-4-11(17)5-7-12)27-15-18-8-13(9-19-15)24(25)26/h4-10H,1-3H3. The van der Waals surface area contributed by atoms with E-state index in [1.807, 2.05) is 42.6 Å². The van der Waals surface area contributed by atoms with Gasteiger partial charge in [-0.15, -0.1) is 10.2 Å². The summed E-state index contributed by atoms with van der Waals surface area (Å²) in [7, 11) is 3.91. The van der Waals surface area contributed by atoms with E-state index in [9.17, 15) is 10.1 Å². The summed E-state index contributed by atoms with van der Waals surface area (Å²) in [6, 6.07) is 7.33. The lowest BCUT2D eigenvalue weighted by atomic mass is 10.2. The Morgan fingerprint density at radius 2 is 1.81 bits per heavy atom. The van der Waals surface area contributed by atoms with E-state index >= 15 is 0 Å². The van der Waals surface area contributed by atoms with E-state index in [2.05, 4.69) is 20.2 Å². The largest absolute Gasteiger partial charge is 0.305 e. The maximum atomic E-state index is 10.8. The first-order valence-corrected chi connectivity index (χ1v) is 9.08. The van der Waals surface area contributed by atoms with Gasteiger partial charge in [0, 0.05) is 10.7 Å². The molecule has 0 spiro atoms. The Balaban J connectivity index is 2.01. The number of aromatic nitrogens is 5. The van der Waals surface area contributed by atoms with E-state index in [-0.39, 0.29) is 11.7 Å². The fraction of sp³-hybridized carbons (Fsp3) is 0.250. The number of halogens is 1. The highest BCUT2D eigenvalue weighted by Crippen LogP contribution is 2.30. The zero-order chi connectivity index (χ0) is 19.6. The van der Waals surface area contributed by atoms with Crippen LogP contribution in [0.1, 0.15) is 18.8 Å². The van der Waals surface area contributed by atoms with Gasteiger partial charge in [0.05, 0.1) is 11.0 Å². The van der Waals surface area contributed by atoms with E-state index in [1.165, 1.54) is 24.2 Å². The van der Waals surface area contributed by atoms with Gasteiger partial charge in [-0.1, -0.05) is 11.6 Å². The average molecular weight is 406 g/mol. The van der Waals surface area contributed by atoms with Gasteiger partial charge in [0.15, 0.2) is 11.0 Å². The minimum atomic E-state index is -0.540. The maximum absolute atomic E-state index is 10.8. The van der Waals surface area contributed by atoms with Gasteiger partial charge in [0.1, 0.15) is 12.4 Å². The monoisotopic (exact) mass is 405 g/mol. The third kappa shape index (κ3) is 4.24. The third-order valence-corrected chi connectivity index (χ3v) is 4.99. The average Bonchev–Trinajstić information content (AvgIpc) is 3.05. The van der Waals surface area contributed by atoms with Crippen molar-refractivity contribution in [2.45, 2.75) is 23.3 Å². The molecule has 0 fully saturated rings. The summed E-state index contributed by atoms with van der Waals surface area (Å²) in [5.74, 6) is 0.742. The van der Waals surface area contributed by atoms with Gasteiger partial charge in [-0.3, -0.25) is 19.6 Å². The number of nitrogens with zero attached hydrogens (tertiary/aromatic N) is 7. The second kappa shape index (κ2) is 7.99. The van der Waals surface area contributed by atoms with Crippen LogP contribution in [0.15, 0.2) is 47.0 Å². The molecule has 0 radical (unpaired) electrons. The molecule has 0 aliphatic heterocycles. The number of rotatable bonds is 6. The van der Waals surface area contributed by atoms with Crippen LogP contribution < -0.4 is 0 Å². The van der Waals surface area contributed by atoms with Gasteiger partial charge < -0.3 is 0 Å². The van der Waals surface area contributed by atoms with Crippen molar-refractivity contribution in [3.05, 3.63) is 57.6 Å². The first-order valence-electron chi connectivity index (χ1n) is 7.89. The minimum Gasteiger partial charge on any atom is -0.300 e. The van der Waals surface area contributed by atoms with Gasteiger partial charge in [-0.05, 0) is 57.0 Å². The molecule has 140 valence electrons. The molecule has 0 aliphatic carbocycles. The zero-order valence-corrected chi connectivity index (χ0v) is 16.3. The molecule has 0 N–H and O–H groups in total. The Morgan fingerprint density at radius 1 is 1.19 bits per heavy atom. The molecule has 27 heavy (non-hydrogen) atoms. The lowest BCUT2D eigenvalue weighted by Crippen LogP contribution is -2.20. The summed E-state index contributed by atoms with van der Waals surface area (Å²) in [6.07, 6.45) is 2.34. The smallest absolute Gasteiger partial charge is 0.300 e. The summed E-state index contributed by atoms with van der Waals surface area (Å²) in [6.45, 7) is 2.02. The maximum Gasteiger partial charge on any atom is 0.305 e. The normalized spacial score (nSPS) is 12.3. The van der Waals surface area contributed by atoms with Crippen LogP contribution >= 0.6 is 23.4 Å². The lowest BCUT2D eigenvalue weighted by molar-refractivity contribution is -0.385. The van der Waals surface area contributed by atoms with Crippen molar-refractivity contribution < 1.29 is 4.92 Å². The van der Waals surface area contributed by atoms with Crippen LogP contribution in [0.5, 0.6) is 0 Å². The molecule has 1 atom stereocenters. The number of hydrogen-bond donors (Lipinski definition) is 0. The molecule has 0 aliphatic rings. The molecule has 2 aromatic heterocycles. The quantitative estimate of drug-likeness (QED) is 0.349. The molecule has 0 amide bonds. The highest BCUT2D eigenvalue weighted by Gasteiger charge is 2.22. The van der Waals surface area contributed by atoms with Crippen LogP contribution in [-0.4, -0.2) is 48.7 Å². The van der Waals surface area contributed by atoms with Crippen LogP contribution in [0.25, 0.3) is 5.69 Å².